The summed E-state index contributed by atoms with van der Waals surface area (Å²) in [5.74, 6) is 5.91. The number of rotatable bonds is 6. The van der Waals surface area contributed by atoms with E-state index in [4.69, 9.17) is 5.84 Å². The summed E-state index contributed by atoms with van der Waals surface area (Å²) in [5, 5.41) is 0. The Morgan fingerprint density at radius 3 is 1.49 bits per heavy atom. The molecule has 0 heterocycles. The fourth-order valence-electron chi connectivity index (χ4n) is 5.24. The molecule has 5 aromatic rings. The van der Waals surface area contributed by atoms with Gasteiger partial charge in [-0.1, -0.05) is 120 Å². The Labute approximate surface area is 245 Å². The van der Waals surface area contributed by atoms with E-state index in [1.165, 1.54) is 33.4 Å². The minimum atomic E-state index is -0.0336. The third kappa shape index (κ3) is 6.06. The summed E-state index contributed by atoms with van der Waals surface area (Å²) < 4.78 is 0. The van der Waals surface area contributed by atoms with Gasteiger partial charge in [-0.05, 0) is 75.5 Å². The molecule has 0 saturated heterocycles. The molecule has 0 atom stereocenters. The van der Waals surface area contributed by atoms with Gasteiger partial charge in [0, 0.05) is 22.5 Å². The van der Waals surface area contributed by atoms with Crippen LogP contribution in [0.5, 0.6) is 0 Å². The molecule has 5 rings (SSSR count). The van der Waals surface area contributed by atoms with Crippen molar-refractivity contribution in [2.45, 2.75) is 52.4 Å². The van der Waals surface area contributed by atoms with Crippen LogP contribution < -0.4 is 16.2 Å². The Hall–Kier alpha value is -4.34. The molecule has 0 aliphatic heterocycles. The van der Waals surface area contributed by atoms with Crippen molar-refractivity contribution >= 4 is 22.7 Å². The Bertz CT molecular complexity index is 1550. The fourth-order valence-corrected chi connectivity index (χ4v) is 5.24. The third-order valence-electron chi connectivity index (χ3n) is 7.63. The number of hydrogen-bond donors (Lipinski definition) is 2. The molecule has 0 fully saturated rings. The molecule has 0 bridgehead atoms. The quantitative estimate of drug-likeness (QED) is 0.167. The number of nitrogens with zero attached hydrogens (tertiary/aromatic N) is 1. The molecular formula is C38H41N3. The highest BCUT2D eigenvalue weighted by atomic mass is 15.2. The number of hydrazine groups is 1. The minimum absolute atomic E-state index is 0.0336. The monoisotopic (exact) mass is 539 g/mol. The lowest BCUT2D eigenvalue weighted by atomic mass is 9.82. The average Bonchev–Trinajstić information content (AvgIpc) is 2.97. The van der Waals surface area contributed by atoms with Crippen LogP contribution in [0.3, 0.4) is 0 Å². The van der Waals surface area contributed by atoms with Crippen molar-refractivity contribution in [2.24, 2.45) is 5.84 Å². The van der Waals surface area contributed by atoms with Crippen LogP contribution in [0, 0.1) is 0 Å². The number of nitrogens with two attached hydrogens (primary N) is 1. The smallest absolute Gasteiger partial charge is 0.0618 e. The van der Waals surface area contributed by atoms with Crippen molar-refractivity contribution in [3.63, 3.8) is 0 Å². The van der Waals surface area contributed by atoms with Crippen molar-refractivity contribution in [2.75, 3.05) is 10.3 Å². The molecule has 5 aromatic carbocycles. The molecular weight excluding hydrogens is 498 g/mol. The number of benzene rings is 5. The van der Waals surface area contributed by atoms with Gasteiger partial charge in [-0.25, -0.2) is 0 Å². The van der Waals surface area contributed by atoms with E-state index < -0.39 is 0 Å². The van der Waals surface area contributed by atoms with Crippen molar-refractivity contribution in [3.05, 3.63) is 132 Å². The molecule has 0 amide bonds. The highest BCUT2D eigenvalue weighted by Crippen LogP contribution is 2.49. The highest BCUT2D eigenvalue weighted by Gasteiger charge is 2.26. The molecule has 0 aliphatic rings. The molecule has 3 heteroatoms. The van der Waals surface area contributed by atoms with Crippen LogP contribution in [-0.4, -0.2) is 0 Å². The van der Waals surface area contributed by atoms with E-state index >= 15 is 0 Å². The lowest BCUT2D eigenvalue weighted by Crippen LogP contribution is -2.17. The minimum Gasteiger partial charge on any atom is -0.324 e. The lowest BCUT2D eigenvalue weighted by molar-refractivity contribution is 0.590. The zero-order valence-corrected chi connectivity index (χ0v) is 25.1. The largest absolute Gasteiger partial charge is 0.324 e. The van der Waals surface area contributed by atoms with Crippen LogP contribution in [0.2, 0.25) is 0 Å². The SMILES string of the molecule is CC(C)(C)c1ccc(N(c2cccc(NN)c2)c2c(-c3ccccc3)cc(C(C)(C)C)cc2-c2ccccc2)cc1. The van der Waals surface area contributed by atoms with Crippen LogP contribution >= 0.6 is 0 Å². The van der Waals surface area contributed by atoms with Crippen molar-refractivity contribution in [1.82, 2.24) is 0 Å². The second-order valence-electron chi connectivity index (χ2n) is 12.7. The molecule has 41 heavy (non-hydrogen) atoms. The predicted molar refractivity (Wildman–Crippen MR) is 177 cm³/mol. The van der Waals surface area contributed by atoms with Crippen molar-refractivity contribution in [3.8, 4) is 22.3 Å². The normalized spacial score (nSPS) is 11.8. The summed E-state index contributed by atoms with van der Waals surface area (Å²) in [6.07, 6.45) is 0. The van der Waals surface area contributed by atoms with E-state index in [1.807, 2.05) is 6.07 Å². The molecule has 0 aliphatic carbocycles. The lowest BCUT2D eigenvalue weighted by Gasteiger charge is -2.33. The number of hydrogen-bond acceptors (Lipinski definition) is 3. The van der Waals surface area contributed by atoms with Crippen LogP contribution in [0.4, 0.5) is 22.7 Å². The summed E-state index contributed by atoms with van der Waals surface area (Å²) in [6, 6.07) is 43.5. The number of nitrogens with one attached hydrogen (secondary N) is 1. The Morgan fingerprint density at radius 1 is 0.512 bits per heavy atom. The van der Waals surface area contributed by atoms with Gasteiger partial charge in [-0.3, -0.25) is 5.84 Å². The van der Waals surface area contributed by atoms with Gasteiger partial charge in [-0.2, -0.15) is 0 Å². The van der Waals surface area contributed by atoms with E-state index in [-0.39, 0.29) is 10.8 Å². The first-order valence-electron chi connectivity index (χ1n) is 14.3. The second-order valence-corrected chi connectivity index (χ2v) is 12.7. The van der Waals surface area contributed by atoms with Gasteiger partial charge in [0.15, 0.2) is 0 Å². The maximum Gasteiger partial charge on any atom is 0.0618 e. The molecule has 0 aromatic heterocycles. The van der Waals surface area contributed by atoms with E-state index in [2.05, 4.69) is 167 Å². The zero-order chi connectivity index (χ0) is 29.2. The number of anilines is 4. The molecule has 3 N–H and O–H groups in total. The highest BCUT2D eigenvalue weighted by molar-refractivity contribution is 5.98. The first kappa shape index (κ1) is 28.2. The van der Waals surface area contributed by atoms with Gasteiger partial charge in [0.2, 0.25) is 0 Å². The number of nitrogen functional groups attached to an aromatic ring is 1. The maximum atomic E-state index is 5.91. The summed E-state index contributed by atoms with van der Waals surface area (Å²) in [5.41, 5.74) is 14.3. The van der Waals surface area contributed by atoms with Crippen LogP contribution in [0.1, 0.15) is 52.7 Å². The fraction of sp³-hybridized carbons (Fsp3) is 0.211. The van der Waals surface area contributed by atoms with Gasteiger partial charge in [0.1, 0.15) is 0 Å². The maximum absolute atomic E-state index is 5.91. The summed E-state index contributed by atoms with van der Waals surface area (Å²) >= 11 is 0. The van der Waals surface area contributed by atoms with Gasteiger partial charge in [-0.15, -0.1) is 0 Å². The first-order valence-corrected chi connectivity index (χ1v) is 14.3. The van der Waals surface area contributed by atoms with Crippen LogP contribution in [0.25, 0.3) is 22.3 Å². The van der Waals surface area contributed by atoms with Crippen molar-refractivity contribution in [1.29, 1.82) is 0 Å². The van der Waals surface area contributed by atoms with Gasteiger partial charge >= 0.3 is 0 Å². The molecule has 0 spiro atoms. The molecule has 208 valence electrons. The van der Waals surface area contributed by atoms with Gasteiger partial charge in [0.05, 0.1) is 11.4 Å². The van der Waals surface area contributed by atoms with E-state index in [9.17, 15) is 0 Å². The molecule has 3 nitrogen and oxygen atoms in total. The van der Waals surface area contributed by atoms with E-state index in [0.29, 0.717) is 0 Å². The van der Waals surface area contributed by atoms with Gasteiger partial charge in [0.25, 0.3) is 0 Å². The van der Waals surface area contributed by atoms with Crippen LogP contribution in [-0.2, 0) is 10.8 Å². The van der Waals surface area contributed by atoms with Crippen molar-refractivity contribution < 1.29 is 0 Å². The Kier molecular flexibility index (Phi) is 7.75. The Morgan fingerprint density at radius 2 is 1.02 bits per heavy atom. The molecule has 0 unspecified atom stereocenters. The topological polar surface area (TPSA) is 41.3 Å². The molecule has 0 radical (unpaired) electrons. The zero-order valence-electron chi connectivity index (χ0n) is 25.1. The average molecular weight is 540 g/mol. The summed E-state index contributed by atoms with van der Waals surface area (Å²) in [6.45, 7) is 13.6. The Balaban J connectivity index is 1.90. The standard InChI is InChI=1S/C38H41N3/c1-37(2,3)29-20-22-32(23-21-29)41(33-19-13-18-31(26-33)40-39)36-34(27-14-9-7-10-15-27)24-30(38(4,5)6)25-35(36)28-16-11-8-12-17-28/h7-26,40H,39H2,1-6H3. The predicted octanol–water partition coefficient (Wildman–Crippen LogP) is 10.4. The van der Waals surface area contributed by atoms with Gasteiger partial charge < -0.3 is 10.3 Å². The van der Waals surface area contributed by atoms with E-state index in [1.54, 1.807) is 0 Å². The molecule has 0 saturated carbocycles. The first-order chi connectivity index (χ1) is 19.6. The summed E-state index contributed by atoms with van der Waals surface area (Å²) in [4.78, 5) is 2.38. The van der Waals surface area contributed by atoms with Crippen LogP contribution in [0.15, 0.2) is 121 Å². The third-order valence-corrected chi connectivity index (χ3v) is 7.63. The second kappa shape index (κ2) is 11.3. The van der Waals surface area contributed by atoms with E-state index in [0.717, 1.165) is 22.7 Å². The summed E-state index contributed by atoms with van der Waals surface area (Å²) in [7, 11) is 0.